The highest BCUT2D eigenvalue weighted by molar-refractivity contribution is 5.76. The molecular weight excluding hydrogens is 318 g/mol. The molecule has 2 unspecified atom stereocenters. The zero-order valence-corrected chi connectivity index (χ0v) is 16.4. The Bertz CT molecular complexity index is 382. The van der Waals surface area contributed by atoms with Crippen LogP contribution in [0.2, 0.25) is 0 Å². The van der Waals surface area contributed by atoms with Gasteiger partial charge in [-0.3, -0.25) is 9.59 Å². The molecule has 25 heavy (non-hydrogen) atoms. The number of carbonyl (C=O) groups excluding carboxylic acids is 1. The van der Waals surface area contributed by atoms with Crippen LogP contribution in [0.4, 0.5) is 0 Å². The minimum atomic E-state index is -0.764. The van der Waals surface area contributed by atoms with Crippen LogP contribution in [0.25, 0.3) is 0 Å². The van der Waals surface area contributed by atoms with Crippen LogP contribution in [0.3, 0.4) is 0 Å². The molecule has 5 nitrogen and oxygen atoms in total. The minimum absolute atomic E-state index is 0.129. The number of carboxylic acids is 1. The van der Waals surface area contributed by atoms with Gasteiger partial charge in [0.25, 0.3) is 0 Å². The molecule has 0 spiro atoms. The van der Waals surface area contributed by atoms with Crippen LogP contribution in [0.15, 0.2) is 0 Å². The summed E-state index contributed by atoms with van der Waals surface area (Å²) in [5.41, 5.74) is 4.81. The van der Waals surface area contributed by atoms with E-state index in [4.69, 9.17) is 10.8 Å². The van der Waals surface area contributed by atoms with Crippen LogP contribution < -0.4 is 5.73 Å². The molecule has 0 aromatic heterocycles. The third-order valence-electron chi connectivity index (χ3n) is 5.07. The van der Waals surface area contributed by atoms with Crippen LogP contribution in [-0.4, -0.2) is 28.2 Å². The van der Waals surface area contributed by atoms with Crippen molar-refractivity contribution < 1.29 is 19.8 Å². The molecule has 0 saturated carbocycles. The molecule has 0 heterocycles. The van der Waals surface area contributed by atoms with E-state index < -0.39 is 11.4 Å². The van der Waals surface area contributed by atoms with E-state index >= 15 is 0 Å². The highest BCUT2D eigenvalue weighted by Gasteiger charge is 2.26. The number of hydrogen-bond donors (Lipinski definition) is 3. The number of carboxylic acid groups (broad SMARTS) is 1. The van der Waals surface area contributed by atoms with Crippen molar-refractivity contribution in [3.63, 3.8) is 0 Å². The van der Waals surface area contributed by atoms with Crippen molar-refractivity contribution in [2.24, 2.45) is 17.1 Å². The number of rotatable bonds is 16. The van der Waals surface area contributed by atoms with Crippen LogP contribution in [0.1, 0.15) is 97.8 Å². The van der Waals surface area contributed by atoms with Crippen molar-refractivity contribution in [1.29, 1.82) is 0 Å². The first-order valence-electron chi connectivity index (χ1n) is 9.91. The van der Waals surface area contributed by atoms with Crippen LogP contribution in [-0.2, 0) is 9.59 Å². The van der Waals surface area contributed by atoms with Crippen LogP contribution >= 0.6 is 0 Å². The second-order valence-electron chi connectivity index (χ2n) is 7.97. The predicted octanol–water partition coefficient (Wildman–Crippen LogP) is 4.26. The highest BCUT2D eigenvalue weighted by Crippen LogP contribution is 2.25. The highest BCUT2D eigenvalue weighted by atomic mass is 16.4. The Morgan fingerprint density at radius 2 is 1.48 bits per heavy atom. The van der Waals surface area contributed by atoms with Gasteiger partial charge >= 0.3 is 5.97 Å². The largest absolute Gasteiger partial charge is 0.481 e. The van der Waals surface area contributed by atoms with Gasteiger partial charge in [0.2, 0.25) is 5.91 Å². The molecular formula is C20H39NO4. The number of amides is 1. The molecule has 0 aliphatic rings. The van der Waals surface area contributed by atoms with Crippen molar-refractivity contribution in [2.45, 2.75) is 104 Å². The van der Waals surface area contributed by atoms with E-state index in [0.29, 0.717) is 6.42 Å². The molecule has 5 heteroatoms. The average Bonchev–Trinajstić information content (AvgIpc) is 2.52. The van der Waals surface area contributed by atoms with Gasteiger partial charge in [-0.15, -0.1) is 0 Å². The quantitative estimate of drug-likeness (QED) is 0.359. The summed E-state index contributed by atoms with van der Waals surface area (Å²) in [6.45, 7) is 5.63. The molecule has 0 fully saturated rings. The maximum absolute atomic E-state index is 11.6. The number of aliphatic carboxylic acids is 1. The first-order chi connectivity index (χ1) is 11.7. The molecule has 0 aromatic carbocycles. The van der Waals surface area contributed by atoms with Gasteiger partial charge in [0, 0.05) is 5.92 Å². The lowest BCUT2D eigenvalue weighted by molar-refractivity contribution is -0.147. The van der Waals surface area contributed by atoms with E-state index in [-0.39, 0.29) is 17.9 Å². The van der Waals surface area contributed by atoms with Gasteiger partial charge in [0.15, 0.2) is 0 Å². The van der Waals surface area contributed by atoms with E-state index in [1.807, 2.05) is 0 Å². The maximum atomic E-state index is 11.6. The molecule has 4 N–H and O–H groups in total. The van der Waals surface area contributed by atoms with Crippen molar-refractivity contribution in [2.75, 3.05) is 0 Å². The molecule has 0 rings (SSSR count). The summed E-state index contributed by atoms with van der Waals surface area (Å²) < 4.78 is 0. The zero-order valence-electron chi connectivity index (χ0n) is 16.4. The van der Waals surface area contributed by atoms with Crippen LogP contribution in [0, 0.1) is 11.3 Å². The normalized spacial score (nSPS) is 14.2. The third kappa shape index (κ3) is 12.0. The van der Waals surface area contributed by atoms with E-state index in [0.717, 1.165) is 70.6 Å². The lowest BCUT2D eigenvalue weighted by Gasteiger charge is -2.19. The number of unbranched alkanes of at least 4 members (excludes halogenated alkanes) is 4. The van der Waals surface area contributed by atoms with E-state index in [1.54, 1.807) is 13.8 Å². The molecule has 0 aliphatic carbocycles. The predicted molar refractivity (Wildman–Crippen MR) is 101 cm³/mol. The summed E-state index contributed by atoms with van der Waals surface area (Å²) in [5.74, 6) is -1.15. The fraction of sp³-hybridized carbons (Fsp3) is 0.900. The van der Waals surface area contributed by atoms with Crippen molar-refractivity contribution >= 4 is 11.9 Å². The second-order valence-corrected chi connectivity index (χ2v) is 7.97. The number of carbonyl (C=O) groups is 2. The Morgan fingerprint density at radius 1 is 0.920 bits per heavy atom. The molecule has 1 amide bonds. The SMILES string of the molecule is CCCCCC(O)CCCC(CCCCCC(C)(C)C(=O)O)C(N)=O. The zero-order chi connectivity index (χ0) is 19.3. The van der Waals surface area contributed by atoms with Gasteiger partial charge in [-0.1, -0.05) is 51.9 Å². The number of aliphatic hydroxyl groups excluding tert-OH is 1. The summed E-state index contributed by atoms with van der Waals surface area (Å²) in [5, 5.41) is 19.0. The van der Waals surface area contributed by atoms with Gasteiger partial charge < -0.3 is 15.9 Å². The number of aliphatic hydroxyl groups is 1. The Balaban J connectivity index is 3.92. The molecule has 0 radical (unpaired) electrons. The van der Waals surface area contributed by atoms with Gasteiger partial charge in [-0.2, -0.15) is 0 Å². The van der Waals surface area contributed by atoms with Gasteiger partial charge in [0.1, 0.15) is 0 Å². The van der Waals surface area contributed by atoms with Crippen molar-refractivity contribution in [3.05, 3.63) is 0 Å². The molecule has 2 atom stereocenters. The van der Waals surface area contributed by atoms with Crippen molar-refractivity contribution in [3.8, 4) is 0 Å². The topological polar surface area (TPSA) is 101 Å². The van der Waals surface area contributed by atoms with E-state index in [9.17, 15) is 14.7 Å². The number of hydrogen-bond acceptors (Lipinski definition) is 3. The summed E-state index contributed by atoms with van der Waals surface area (Å²) in [6.07, 6.45) is 10.3. The van der Waals surface area contributed by atoms with Gasteiger partial charge in [-0.05, 0) is 46.0 Å². The molecule has 0 bridgehead atoms. The Kier molecular flexibility index (Phi) is 12.6. The summed E-state index contributed by atoms with van der Waals surface area (Å²) in [7, 11) is 0. The second kappa shape index (κ2) is 13.2. The fourth-order valence-electron chi connectivity index (χ4n) is 3.04. The Hall–Kier alpha value is -1.10. The molecule has 148 valence electrons. The molecule has 0 aromatic rings. The number of nitrogens with two attached hydrogens (primary N) is 1. The first-order valence-corrected chi connectivity index (χ1v) is 9.91. The average molecular weight is 358 g/mol. The maximum Gasteiger partial charge on any atom is 0.309 e. The fourth-order valence-corrected chi connectivity index (χ4v) is 3.04. The lowest BCUT2D eigenvalue weighted by Crippen LogP contribution is -2.24. The molecule has 0 aliphatic heterocycles. The first kappa shape index (κ1) is 23.9. The Labute approximate surface area is 153 Å². The standard InChI is InChI=1S/C20H39NO4/c1-4-5-7-13-17(22)14-10-12-16(18(21)23)11-8-6-9-15-20(2,3)19(24)25/h16-17,22H,4-15H2,1-3H3,(H2,21,23)(H,24,25). The monoisotopic (exact) mass is 357 g/mol. The molecule has 0 saturated heterocycles. The summed E-state index contributed by atoms with van der Waals surface area (Å²) in [6, 6.07) is 0. The van der Waals surface area contributed by atoms with Gasteiger partial charge in [-0.25, -0.2) is 0 Å². The van der Waals surface area contributed by atoms with E-state index in [2.05, 4.69) is 6.92 Å². The minimum Gasteiger partial charge on any atom is -0.481 e. The van der Waals surface area contributed by atoms with E-state index in [1.165, 1.54) is 0 Å². The summed E-state index contributed by atoms with van der Waals surface area (Å²) >= 11 is 0. The van der Waals surface area contributed by atoms with Gasteiger partial charge in [0.05, 0.1) is 11.5 Å². The number of primary amides is 1. The Morgan fingerprint density at radius 3 is 2.04 bits per heavy atom. The lowest BCUT2D eigenvalue weighted by atomic mass is 9.86. The van der Waals surface area contributed by atoms with Crippen molar-refractivity contribution in [1.82, 2.24) is 0 Å². The van der Waals surface area contributed by atoms with Crippen LogP contribution in [0.5, 0.6) is 0 Å². The third-order valence-corrected chi connectivity index (χ3v) is 5.07. The summed E-state index contributed by atoms with van der Waals surface area (Å²) in [4.78, 5) is 22.6. The smallest absolute Gasteiger partial charge is 0.309 e.